The van der Waals surface area contributed by atoms with Gasteiger partial charge in [-0.2, -0.15) is 0 Å². The Kier molecular flexibility index (Phi) is 4.56. The van der Waals surface area contributed by atoms with Crippen LogP contribution in [-0.4, -0.2) is 5.97 Å². The highest BCUT2D eigenvalue weighted by atomic mass is 35.5. The second-order valence-corrected chi connectivity index (χ2v) is 7.35. The second-order valence-electron chi connectivity index (χ2n) is 5.96. The molecule has 0 N–H and O–H groups in total. The van der Waals surface area contributed by atoms with Crippen LogP contribution in [0, 0.1) is 6.92 Å². The summed E-state index contributed by atoms with van der Waals surface area (Å²) in [5, 5.41) is 2.67. The maximum atomic E-state index is 13.0. The van der Waals surface area contributed by atoms with Crippen LogP contribution in [0.5, 0.6) is 5.75 Å². The summed E-state index contributed by atoms with van der Waals surface area (Å²) in [5.74, 6) is -0.536. The molecule has 2 aromatic carbocycles. The Bertz CT molecular complexity index is 1190. The van der Waals surface area contributed by atoms with E-state index in [9.17, 15) is 9.59 Å². The third-order valence-electron chi connectivity index (χ3n) is 4.03. The first-order valence-corrected chi connectivity index (χ1v) is 9.38. The first-order valence-electron chi connectivity index (χ1n) is 8.12. The minimum Gasteiger partial charge on any atom is -0.452 e. The topological polar surface area (TPSA) is 56.5 Å². The average molecular weight is 397 g/mol. The largest absolute Gasteiger partial charge is 0.452 e. The standard InChI is InChI=1S/C21H13ClO4S/c1-12-4-9-15-16(11-12)25-19(13-5-7-14(22)8-6-13)20(18(15)23)26-21(24)17-3-2-10-27-17/h2-11H,1H3. The number of benzene rings is 2. The van der Waals surface area contributed by atoms with E-state index in [-0.39, 0.29) is 11.5 Å². The van der Waals surface area contributed by atoms with Gasteiger partial charge in [0.15, 0.2) is 5.76 Å². The molecule has 134 valence electrons. The monoisotopic (exact) mass is 396 g/mol. The van der Waals surface area contributed by atoms with E-state index >= 15 is 0 Å². The van der Waals surface area contributed by atoms with Gasteiger partial charge in [0.25, 0.3) is 0 Å². The van der Waals surface area contributed by atoms with E-state index in [1.165, 1.54) is 11.3 Å². The predicted molar refractivity (Wildman–Crippen MR) is 107 cm³/mol. The zero-order valence-corrected chi connectivity index (χ0v) is 15.8. The number of esters is 1. The van der Waals surface area contributed by atoms with Gasteiger partial charge in [-0.1, -0.05) is 23.7 Å². The summed E-state index contributed by atoms with van der Waals surface area (Å²) in [5.41, 5.74) is 1.58. The molecule has 0 spiro atoms. The van der Waals surface area contributed by atoms with Crippen molar-refractivity contribution in [1.29, 1.82) is 0 Å². The van der Waals surface area contributed by atoms with Crippen LogP contribution >= 0.6 is 22.9 Å². The third kappa shape index (κ3) is 3.39. The summed E-state index contributed by atoms with van der Waals surface area (Å²) in [4.78, 5) is 25.9. The molecule has 0 radical (unpaired) electrons. The number of thiophene rings is 1. The van der Waals surface area contributed by atoms with Crippen molar-refractivity contribution in [3.63, 3.8) is 0 Å². The molecular weight excluding hydrogens is 384 g/mol. The lowest BCUT2D eigenvalue weighted by Gasteiger charge is -2.10. The van der Waals surface area contributed by atoms with Crippen molar-refractivity contribution < 1.29 is 13.9 Å². The van der Waals surface area contributed by atoms with Gasteiger partial charge in [0.05, 0.1) is 5.39 Å². The Morgan fingerprint density at radius 1 is 1.11 bits per heavy atom. The quantitative estimate of drug-likeness (QED) is 0.416. The molecule has 0 fully saturated rings. The van der Waals surface area contributed by atoms with Crippen LogP contribution in [0.1, 0.15) is 15.2 Å². The Hall–Kier alpha value is -2.89. The number of hydrogen-bond donors (Lipinski definition) is 0. The lowest BCUT2D eigenvalue weighted by Crippen LogP contribution is -2.15. The molecule has 0 aliphatic heterocycles. The minimum atomic E-state index is -0.598. The van der Waals surface area contributed by atoms with Crippen molar-refractivity contribution in [1.82, 2.24) is 0 Å². The van der Waals surface area contributed by atoms with E-state index in [1.807, 2.05) is 13.0 Å². The van der Waals surface area contributed by atoms with E-state index in [4.69, 9.17) is 20.8 Å². The second kappa shape index (κ2) is 7.02. The molecule has 0 saturated heterocycles. The average Bonchev–Trinajstić information content (AvgIpc) is 3.19. The highest BCUT2D eigenvalue weighted by Crippen LogP contribution is 2.32. The van der Waals surface area contributed by atoms with Crippen molar-refractivity contribution in [2.24, 2.45) is 0 Å². The first kappa shape index (κ1) is 17.5. The van der Waals surface area contributed by atoms with Gasteiger partial charge in [-0.15, -0.1) is 11.3 Å². The van der Waals surface area contributed by atoms with Gasteiger partial charge in [-0.25, -0.2) is 4.79 Å². The summed E-state index contributed by atoms with van der Waals surface area (Å²) in [6.45, 7) is 1.91. The fourth-order valence-electron chi connectivity index (χ4n) is 2.70. The molecule has 0 aliphatic rings. The summed E-state index contributed by atoms with van der Waals surface area (Å²) in [6.07, 6.45) is 0. The molecular formula is C21H13ClO4S. The summed E-state index contributed by atoms with van der Waals surface area (Å²) >= 11 is 7.20. The maximum absolute atomic E-state index is 13.0. The Labute approximate surface area is 163 Å². The molecule has 6 heteroatoms. The Morgan fingerprint density at radius 2 is 1.89 bits per heavy atom. The molecule has 0 atom stereocenters. The summed E-state index contributed by atoms with van der Waals surface area (Å²) in [7, 11) is 0. The van der Waals surface area contributed by atoms with Crippen LogP contribution in [0.3, 0.4) is 0 Å². The summed E-state index contributed by atoms with van der Waals surface area (Å²) in [6, 6.07) is 15.4. The lowest BCUT2D eigenvalue weighted by atomic mass is 10.1. The van der Waals surface area contributed by atoms with Crippen LogP contribution in [0.25, 0.3) is 22.3 Å². The number of halogens is 1. The summed E-state index contributed by atoms with van der Waals surface area (Å²) < 4.78 is 11.5. The zero-order valence-electron chi connectivity index (χ0n) is 14.2. The van der Waals surface area contributed by atoms with Gasteiger partial charge in [-0.05, 0) is 60.3 Å². The number of carbonyl (C=O) groups is 1. The maximum Gasteiger partial charge on any atom is 0.353 e. The first-order chi connectivity index (χ1) is 13.0. The number of carbonyl (C=O) groups excluding carboxylic acids is 1. The molecule has 2 aromatic heterocycles. The van der Waals surface area contributed by atoms with Gasteiger partial charge < -0.3 is 9.15 Å². The molecule has 2 heterocycles. The van der Waals surface area contributed by atoms with Gasteiger partial charge in [0, 0.05) is 10.6 Å². The molecule has 0 amide bonds. The predicted octanol–water partition coefficient (Wildman–Crippen LogP) is 5.70. The van der Waals surface area contributed by atoms with Gasteiger partial charge in [0.2, 0.25) is 11.2 Å². The Balaban J connectivity index is 1.93. The molecule has 0 aliphatic carbocycles. The Morgan fingerprint density at radius 3 is 2.59 bits per heavy atom. The normalized spacial score (nSPS) is 10.9. The van der Waals surface area contributed by atoms with Crippen LogP contribution in [0.15, 0.2) is 69.2 Å². The molecule has 4 nitrogen and oxygen atoms in total. The number of hydrogen-bond acceptors (Lipinski definition) is 5. The van der Waals surface area contributed by atoms with Crippen LogP contribution in [0.2, 0.25) is 5.02 Å². The van der Waals surface area contributed by atoms with Gasteiger partial charge in [-0.3, -0.25) is 4.79 Å². The van der Waals surface area contributed by atoms with Crippen LogP contribution < -0.4 is 10.2 Å². The molecule has 4 aromatic rings. The highest BCUT2D eigenvalue weighted by molar-refractivity contribution is 7.12. The van der Waals surface area contributed by atoms with E-state index in [2.05, 4.69) is 0 Å². The molecule has 0 bridgehead atoms. The molecule has 0 unspecified atom stereocenters. The fourth-order valence-corrected chi connectivity index (χ4v) is 3.43. The van der Waals surface area contributed by atoms with Crippen LogP contribution in [-0.2, 0) is 0 Å². The SMILES string of the molecule is Cc1ccc2c(=O)c(OC(=O)c3cccs3)c(-c3ccc(Cl)cc3)oc2c1. The van der Waals surface area contributed by atoms with Crippen molar-refractivity contribution in [2.75, 3.05) is 0 Å². The highest BCUT2D eigenvalue weighted by Gasteiger charge is 2.21. The fraction of sp³-hybridized carbons (Fsp3) is 0.0476. The van der Waals surface area contributed by atoms with E-state index in [1.54, 1.807) is 53.9 Å². The van der Waals surface area contributed by atoms with Gasteiger partial charge in [0.1, 0.15) is 10.5 Å². The number of aryl methyl sites for hydroxylation is 1. The van der Waals surface area contributed by atoms with E-state index in [0.29, 0.717) is 26.4 Å². The van der Waals surface area contributed by atoms with E-state index in [0.717, 1.165) is 5.56 Å². The van der Waals surface area contributed by atoms with Crippen molar-refractivity contribution in [3.8, 4) is 17.1 Å². The third-order valence-corrected chi connectivity index (χ3v) is 5.13. The van der Waals surface area contributed by atoms with Crippen molar-refractivity contribution in [3.05, 3.63) is 85.7 Å². The number of fused-ring (bicyclic) bond motifs is 1. The molecule has 0 saturated carbocycles. The number of ether oxygens (including phenoxy) is 1. The minimum absolute atomic E-state index is 0.132. The van der Waals surface area contributed by atoms with Crippen molar-refractivity contribution in [2.45, 2.75) is 6.92 Å². The molecule has 4 rings (SSSR count). The van der Waals surface area contributed by atoms with Crippen molar-refractivity contribution >= 4 is 39.9 Å². The number of rotatable bonds is 3. The van der Waals surface area contributed by atoms with Gasteiger partial charge >= 0.3 is 5.97 Å². The van der Waals surface area contributed by atoms with E-state index < -0.39 is 11.4 Å². The molecule has 27 heavy (non-hydrogen) atoms. The zero-order chi connectivity index (χ0) is 19.0. The lowest BCUT2D eigenvalue weighted by molar-refractivity contribution is 0.0736. The smallest absolute Gasteiger partial charge is 0.353 e. The van der Waals surface area contributed by atoms with Crippen LogP contribution in [0.4, 0.5) is 0 Å².